The second-order valence-corrected chi connectivity index (χ2v) is 5.51. The minimum atomic E-state index is 0.0283. The van der Waals surface area contributed by atoms with Gasteiger partial charge in [0.25, 0.3) is 0 Å². The first-order valence-electron chi connectivity index (χ1n) is 7.30. The first-order chi connectivity index (χ1) is 10.2. The molecule has 0 aliphatic heterocycles. The molecule has 0 bridgehead atoms. The van der Waals surface area contributed by atoms with Gasteiger partial charge in [-0.25, -0.2) is 0 Å². The lowest BCUT2D eigenvalue weighted by atomic mass is 10.1. The monoisotopic (exact) mass is 284 g/mol. The van der Waals surface area contributed by atoms with Crippen LogP contribution in [0.1, 0.15) is 24.0 Å². The highest BCUT2D eigenvalue weighted by Gasteiger charge is 2.20. The highest BCUT2D eigenvalue weighted by Crippen LogP contribution is 2.23. The predicted octanol–water partition coefficient (Wildman–Crippen LogP) is 2.16. The van der Waals surface area contributed by atoms with Crippen LogP contribution in [0, 0.1) is 0 Å². The summed E-state index contributed by atoms with van der Waals surface area (Å²) >= 11 is 0. The minimum Gasteiger partial charge on any atom is -0.496 e. The SMILES string of the molecule is COc1ccc(CNC2CC2)cc1Cn1ccc(=O)cc1. The number of nitrogens with one attached hydrogen (secondary N) is 1. The van der Waals surface area contributed by atoms with Crippen LogP contribution in [0.15, 0.2) is 47.5 Å². The van der Waals surface area contributed by atoms with Crippen LogP contribution in [0.4, 0.5) is 0 Å². The lowest BCUT2D eigenvalue weighted by molar-refractivity contribution is 0.408. The Kier molecular flexibility index (Phi) is 4.06. The first-order valence-corrected chi connectivity index (χ1v) is 7.30. The number of ether oxygens (including phenoxy) is 1. The highest BCUT2D eigenvalue weighted by atomic mass is 16.5. The molecule has 1 heterocycles. The van der Waals surface area contributed by atoms with E-state index < -0.39 is 0 Å². The summed E-state index contributed by atoms with van der Waals surface area (Å²) in [6.45, 7) is 1.59. The number of pyridine rings is 1. The molecule has 1 aliphatic rings. The van der Waals surface area contributed by atoms with Gasteiger partial charge in [-0.3, -0.25) is 4.79 Å². The van der Waals surface area contributed by atoms with E-state index in [1.165, 1.54) is 18.4 Å². The van der Waals surface area contributed by atoms with Crippen LogP contribution in [-0.4, -0.2) is 17.7 Å². The Morgan fingerprint density at radius 3 is 2.67 bits per heavy atom. The van der Waals surface area contributed by atoms with Gasteiger partial charge < -0.3 is 14.6 Å². The number of benzene rings is 1. The van der Waals surface area contributed by atoms with E-state index >= 15 is 0 Å². The highest BCUT2D eigenvalue weighted by molar-refractivity contribution is 5.37. The molecule has 1 N–H and O–H groups in total. The van der Waals surface area contributed by atoms with Gasteiger partial charge >= 0.3 is 0 Å². The quantitative estimate of drug-likeness (QED) is 0.884. The first kappa shape index (κ1) is 13.9. The summed E-state index contributed by atoms with van der Waals surface area (Å²) < 4.78 is 7.42. The van der Waals surface area contributed by atoms with Crippen molar-refractivity contribution in [1.29, 1.82) is 0 Å². The maximum Gasteiger partial charge on any atom is 0.181 e. The third kappa shape index (κ3) is 3.73. The molecule has 0 saturated heterocycles. The Balaban J connectivity index is 1.78. The molecular weight excluding hydrogens is 264 g/mol. The Labute approximate surface area is 124 Å². The lowest BCUT2D eigenvalue weighted by Crippen LogP contribution is -2.15. The van der Waals surface area contributed by atoms with Crippen LogP contribution >= 0.6 is 0 Å². The molecule has 0 unspecified atom stereocenters. The molecule has 1 fully saturated rings. The average molecular weight is 284 g/mol. The summed E-state index contributed by atoms with van der Waals surface area (Å²) in [5.74, 6) is 0.879. The molecule has 1 saturated carbocycles. The third-order valence-corrected chi connectivity index (χ3v) is 3.73. The van der Waals surface area contributed by atoms with Gasteiger partial charge in [-0.1, -0.05) is 6.07 Å². The molecular formula is C17H20N2O2. The summed E-state index contributed by atoms with van der Waals surface area (Å²) in [7, 11) is 1.69. The zero-order valence-electron chi connectivity index (χ0n) is 12.2. The summed E-state index contributed by atoms with van der Waals surface area (Å²) in [5.41, 5.74) is 2.41. The van der Waals surface area contributed by atoms with E-state index in [4.69, 9.17) is 4.74 Å². The number of rotatable bonds is 6. The van der Waals surface area contributed by atoms with Gasteiger partial charge in [0, 0.05) is 42.7 Å². The summed E-state index contributed by atoms with van der Waals surface area (Å²) in [6, 6.07) is 10.1. The van der Waals surface area contributed by atoms with Crippen molar-refractivity contribution < 1.29 is 4.74 Å². The van der Waals surface area contributed by atoms with E-state index in [9.17, 15) is 4.79 Å². The predicted molar refractivity (Wildman–Crippen MR) is 82.7 cm³/mol. The normalized spacial score (nSPS) is 14.1. The Bertz CT molecular complexity index is 654. The zero-order valence-corrected chi connectivity index (χ0v) is 12.2. The Morgan fingerprint density at radius 1 is 1.24 bits per heavy atom. The van der Waals surface area contributed by atoms with Gasteiger partial charge in [0.1, 0.15) is 5.75 Å². The summed E-state index contributed by atoms with van der Waals surface area (Å²) in [5, 5.41) is 3.52. The van der Waals surface area contributed by atoms with Crippen molar-refractivity contribution in [3.63, 3.8) is 0 Å². The van der Waals surface area contributed by atoms with Crippen molar-refractivity contribution >= 4 is 0 Å². The van der Waals surface area contributed by atoms with Crippen LogP contribution in [0.25, 0.3) is 0 Å². The molecule has 0 atom stereocenters. The summed E-state index contributed by atoms with van der Waals surface area (Å²) in [6.07, 6.45) is 6.19. The molecule has 3 rings (SSSR count). The standard InChI is InChI=1S/C17H20N2O2/c1-21-17-5-2-13(11-18-15-3-4-15)10-14(17)12-19-8-6-16(20)7-9-19/h2,5-10,15,18H,3-4,11-12H2,1H3. The number of methoxy groups -OCH3 is 1. The molecule has 0 amide bonds. The van der Waals surface area contributed by atoms with Crippen LogP contribution in [-0.2, 0) is 13.1 Å². The van der Waals surface area contributed by atoms with Crippen LogP contribution < -0.4 is 15.5 Å². The molecule has 1 aromatic heterocycles. The Hall–Kier alpha value is -2.07. The van der Waals surface area contributed by atoms with Crippen LogP contribution in [0.2, 0.25) is 0 Å². The van der Waals surface area contributed by atoms with E-state index in [0.717, 1.165) is 17.9 Å². The molecule has 0 spiro atoms. The molecule has 4 nitrogen and oxygen atoms in total. The number of nitrogens with zero attached hydrogens (tertiary/aromatic N) is 1. The van der Waals surface area contributed by atoms with E-state index in [2.05, 4.69) is 17.4 Å². The summed E-state index contributed by atoms with van der Waals surface area (Å²) in [4.78, 5) is 11.2. The Morgan fingerprint density at radius 2 is 2.00 bits per heavy atom. The van der Waals surface area contributed by atoms with Gasteiger partial charge in [-0.15, -0.1) is 0 Å². The minimum absolute atomic E-state index is 0.0283. The van der Waals surface area contributed by atoms with Gasteiger partial charge in [-0.2, -0.15) is 0 Å². The van der Waals surface area contributed by atoms with E-state index in [0.29, 0.717) is 12.6 Å². The zero-order chi connectivity index (χ0) is 14.7. The van der Waals surface area contributed by atoms with Gasteiger partial charge in [0.05, 0.1) is 13.7 Å². The topological polar surface area (TPSA) is 43.3 Å². The average Bonchev–Trinajstić information content (AvgIpc) is 3.32. The molecule has 2 aromatic rings. The smallest absolute Gasteiger partial charge is 0.181 e. The molecule has 0 radical (unpaired) electrons. The number of aromatic nitrogens is 1. The van der Waals surface area contributed by atoms with Gasteiger partial charge in [0.15, 0.2) is 5.43 Å². The second-order valence-electron chi connectivity index (χ2n) is 5.51. The second kappa shape index (κ2) is 6.14. The molecule has 1 aliphatic carbocycles. The molecule has 1 aromatic carbocycles. The van der Waals surface area contributed by atoms with E-state index in [1.807, 2.05) is 10.6 Å². The van der Waals surface area contributed by atoms with E-state index in [1.54, 1.807) is 31.6 Å². The van der Waals surface area contributed by atoms with Crippen molar-refractivity contribution in [2.75, 3.05) is 7.11 Å². The van der Waals surface area contributed by atoms with Gasteiger partial charge in [-0.05, 0) is 30.5 Å². The van der Waals surface area contributed by atoms with E-state index in [-0.39, 0.29) is 5.43 Å². The maximum absolute atomic E-state index is 11.2. The molecule has 110 valence electrons. The molecule has 21 heavy (non-hydrogen) atoms. The fourth-order valence-corrected chi connectivity index (χ4v) is 2.36. The van der Waals surface area contributed by atoms with Crippen LogP contribution in [0.3, 0.4) is 0 Å². The fraction of sp³-hybridized carbons (Fsp3) is 0.353. The largest absolute Gasteiger partial charge is 0.496 e. The van der Waals surface area contributed by atoms with Crippen LogP contribution in [0.5, 0.6) is 5.75 Å². The van der Waals surface area contributed by atoms with Gasteiger partial charge in [0.2, 0.25) is 0 Å². The molecule has 4 heteroatoms. The van der Waals surface area contributed by atoms with Crippen molar-refractivity contribution in [3.8, 4) is 5.75 Å². The van der Waals surface area contributed by atoms with Crippen molar-refractivity contribution in [1.82, 2.24) is 9.88 Å². The third-order valence-electron chi connectivity index (χ3n) is 3.73. The number of hydrogen-bond donors (Lipinski definition) is 1. The number of hydrogen-bond acceptors (Lipinski definition) is 3. The fourth-order valence-electron chi connectivity index (χ4n) is 2.36. The maximum atomic E-state index is 11.2. The van der Waals surface area contributed by atoms with Crippen molar-refractivity contribution in [2.24, 2.45) is 0 Å². The van der Waals surface area contributed by atoms with Crippen molar-refractivity contribution in [3.05, 3.63) is 64.1 Å². The van der Waals surface area contributed by atoms with Crippen molar-refractivity contribution in [2.45, 2.75) is 32.0 Å². The lowest BCUT2D eigenvalue weighted by Gasteiger charge is -2.13.